The highest BCUT2D eigenvalue weighted by Gasteiger charge is 2.39. The minimum Gasteiger partial charge on any atom is -0.503 e. The molecule has 3 aromatic rings. The highest BCUT2D eigenvalue weighted by Crippen LogP contribution is 2.36. The number of anilines is 1. The number of nitrogens with zero attached hydrogens (tertiary/aromatic N) is 4. The van der Waals surface area contributed by atoms with Crippen LogP contribution in [0.1, 0.15) is 50.1 Å². The lowest BCUT2D eigenvalue weighted by Gasteiger charge is -2.34. The molecule has 2 aliphatic heterocycles. The van der Waals surface area contributed by atoms with Crippen molar-refractivity contribution >= 4 is 17.5 Å². The maximum Gasteiger partial charge on any atom is 0.279 e. The average molecular weight is 469 g/mol. The second-order valence-electron chi connectivity index (χ2n) is 8.61. The summed E-state index contributed by atoms with van der Waals surface area (Å²) in [5, 5.41) is 17.4. The maximum atomic E-state index is 14.1. The number of nitrogens with one attached hydrogen (secondary N) is 1. The number of amides is 2. The van der Waals surface area contributed by atoms with Crippen LogP contribution in [0.15, 0.2) is 29.3 Å². The topological polar surface area (TPSA) is 109 Å². The van der Waals surface area contributed by atoms with Crippen molar-refractivity contribution in [3.05, 3.63) is 74.5 Å². The van der Waals surface area contributed by atoms with Gasteiger partial charge in [-0.15, -0.1) is 0 Å². The fourth-order valence-electron chi connectivity index (χ4n) is 4.62. The average Bonchev–Trinajstić information content (AvgIpc) is 3.06. The van der Waals surface area contributed by atoms with E-state index in [4.69, 9.17) is 0 Å². The fraction of sp³-hybridized carbons (Fsp3) is 0.304. The summed E-state index contributed by atoms with van der Waals surface area (Å²) in [6.07, 6.45) is 4.07. The lowest BCUT2D eigenvalue weighted by molar-refractivity contribution is 0.0929. The zero-order chi connectivity index (χ0) is 24.3. The van der Waals surface area contributed by atoms with Gasteiger partial charge in [0.05, 0.1) is 17.4 Å². The molecule has 11 heteroatoms. The van der Waals surface area contributed by atoms with E-state index in [0.717, 1.165) is 17.8 Å². The molecule has 5 rings (SSSR count). The van der Waals surface area contributed by atoms with Gasteiger partial charge in [0.15, 0.2) is 11.4 Å². The van der Waals surface area contributed by atoms with Gasteiger partial charge in [0.2, 0.25) is 5.43 Å². The number of hydrogen-bond donors (Lipinski definition) is 2. The second kappa shape index (κ2) is 7.79. The Morgan fingerprint density at radius 2 is 1.94 bits per heavy atom. The zero-order valence-electron chi connectivity index (χ0n) is 18.4. The van der Waals surface area contributed by atoms with Crippen molar-refractivity contribution < 1.29 is 23.5 Å². The van der Waals surface area contributed by atoms with Crippen LogP contribution in [0.5, 0.6) is 5.75 Å². The first-order valence-electron chi connectivity index (χ1n) is 10.7. The molecule has 176 valence electrons. The number of hydrogen-bond acceptors (Lipinski definition) is 5. The van der Waals surface area contributed by atoms with Crippen molar-refractivity contribution in [1.29, 1.82) is 0 Å². The van der Waals surface area contributed by atoms with E-state index in [0.29, 0.717) is 24.1 Å². The number of rotatable bonds is 3. The molecule has 1 atom stereocenters. The summed E-state index contributed by atoms with van der Waals surface area (Å²) in [5.41, 5.74) is -0.260. The van der Waals surface area contributed by atoms with Crippen LogP contribution in [0.4, 0.5) is 14.5 Å². The van der Waals surface area contributed by atoms with Gasteiger partial charge in [0.25, 0.3) is 11.8 Å². The van der Waals surface area contributed by atoms with E-state index in [1.165, 1.54) is 22.6 Å². The van der Waals surface area contributed by atoms with E-state index in [1.54, 1.807) is 17.9 Å². The standard InChI is InChI=1S/C23H21F2N5O4/c1-11-5-15(24)13(16(25)6-11)7-26-22(33)14-9-29-12-3-4-17-18(10-28(2)27-17)30(8-12)23(34)19(29)21(32)20(14)31/h5-6,9-10,12,32H,3-4,7-8H2,1-2H3,(H,26,33)/t12-/m0/s1. The Balaban J connectivity index is 1.49. The van der Waals surface area contributed by atoms with Crippen molar-refractivity contribution in [2.24, 2.45) is 7.05 Å². The number of aryl methyl sites for hydroxylation is 3. The van der Waals surface area contributed by atoms with Crippen molar-refractivity contribution in [2.75, 3.05) is 11.4 Å². The molecule has 9 nitrogen and oxygen atoms in total. The van der Waals surface area contributed by atoms with Gasteiger partial charge < -0.3 is 19.9 Å². The summed E-state index contributed by atoms with van der Waals surface area (Å²) in [6.45, 7) is 1.33. The molecule has 2 amide bonds. The van der Waals surface area contributed by atoms with Gasteiger partial charge >= 0.3 is 0 Å². The summed E-state index contributed by atoms with van der Waals surface area (Å²) < 4.78 is 31.3. The molecule has 0 fully saturated rings. The minimum atomic E-state index is -1.03. The van der Waals surface area contributed by atoms with E-state index in [2.05, 4.69) is 10.4 Å². The number of halogens is 2. The first-order chi connectivity index (χ1) is 16.2. The summed E-state index contributed by atoms with van der Waals surface area (Å²) in [7, 11) is 1.75. The van der Waals surface area contributed by atoms with E-state index < -0.39 is 46.7 Å². The third-order valence-corrected chi connectivity index (χ3v) is 6.29. The lowest BCUT2D eigenvalue weighted by Crippen LogP contribution is -2.44. The molecule has 0 unspecified atom stereocenters. The number of aromatic nitrogens is 3. The number of aromatic hydroxyl groups is 1. The molecule has 0 saturated heterocycles. The molecule has 2 bridgehead atoms. The normalized spacial score (nSPS) is 16.6. The van der Waals surface area contributed by atoms with Gasteiger partial charge in [-0.2, -0.15) is 5.10 Å². The molecule has 0 radical (unpaired) electrons. The fourth-order valence-corrected chi connectivity index (χ4v) is 4.62. The number of carbonyl (C=O) groups excluding carboxylic acids is 2. The molecule has 4 heterocycles. The molecule has 0 saturated carbocycles. The predicted octanol–water partition coefficient (Wildman–Crippen LogP) is 1.95. The molecule has 2 aromatic heterocycles. The van der Waals surface area contributed by atoms with Gasteiger partial charge in [-0.25, -0.2) is 8.78 Å². The quantitative estimate of drug-likeness (QED) is 0.610. The Bertz CT molecular complexity index is 1400. The van der Waals surface area contributed by atoms with Crippen molar-refractivity contribution in [2.45, 2.75) is 32.4 Å². The van der Waals surface area contributed by atoms with E-state index in [-0.39, 0.29) is 23.8 Å². The Morgan fingerprint density at radius 1 is 1.24 bits per heavy atom. The molecule has 2 N–H and O–H groups in total. The molecule has 0 aliphatic carbocycles. The number of fused-ring (bicyclic) bond motifs is 6. The summed E-state index contributed by atoms with van der Waals surface area (Å²) >= 11 is 0. The molecular weight excluding hydrogens is 448 g/mol. The van der Waals surface area contributed by atoms with Crippen LogP contribution in [0.2, 0.25) is 0 Å². The largest absolute Gasteiger partial charge is 0.503 e. The summed E-state index contributed by atoms with van der Waals surface area (Å²) in [5.74, 6) is -3.96. The van der Waals surface area contributed by atoms with Gasteiger partial charge in [-0.1, -0.05) is 0 Å². The smallest absolute Gasteiger partial charge is 0.279 e. The third kappa shape index (κ3) is 3.35. The van der Waals surface area contributed by atoms with E-state index in [1.807, 2.05) is 0 Å². The van der Waals surface area contributed by atoms with Crippen LogP contribution in [0.3, 0.4) is 0 Å². The summed E-state index contributed by atoms with van der Waals surface area (Å²) in [6, 6.07) is 1.97. The monoisotopic (exact) mass is 469 g/mol. The van der Waals surface area contributed by atoms with Gasteiger partial charge in [-0.05, 0) is 37.5 Å². The Hall–Kier alpha value is -4.02. The Morgan fingerprint density at radius 3 is 2.65 bits per heavy atom. The number of carbonyl (C=O) groups is 2. The third-order valence-electron chi connectivity index (χ3n) is 6.29. The van der Waals surface area contributed by atoms with Crippen LogP contribution in [-0.4, -0.2) is 37.8 Å². The van der Waals surface area contributed by atoms with Crippen LogP contribution in [0.25, 0.3) is 0 Å². The van der Waals surface area contributed by atoms with Gasteiger partial charge in [0, 0.05) is 38.1 Å². The number of benzene rings is 1. The van der Waals surface area contributed by atoms with Crippen LogP contribution < -0.4 is 15.6 Å². The highest BCUT2D eigenvalue weighted by atomic mass is 19.1. The van der Waals surface area contributed by atoms with Crippen LogP contribution in [-0.2, 0) is 20.0 Å². The predicted molar refractivity (Wildman–Crippen MR) is 117 cm³/mol. The zero-order valence-corrected chi connectivity index (χ0v) is 18.4. The first kappa shape index (κ1) is 21.8. The van der Waals surface area contributed by atoms with Crippen molar-refractivity contribution in [3.8, 4) is 5.75 Å². The van der Waals surface area contributed by atoms with Gasteiger partial charge in [-0.3, -0.25) is 19.1 Å². The van der Waals surface area contributed by atoms with E-state index >= 15 is 0 Å². The van der Waals surface area contributed by atoms with Crippen LogP contribution >= 0.6 is 0 Å². The maximum absolute atomic E-state index is 14.1. The molecular formula is C23H21F2N5O4. The van der Waals surface area contributed by atoms with Crippen LogP contribution in [0, 0.1) is 18.6 Å². The number of pyridine rings is 1. The molecule has 1 aromatic carbocycles. The lowest BCUT2D eigenvalue weighted by atomic mass is 10.1. The minimum absolute atomic E-state index is 0.204. The molecule has 2 aliphatic rings. The van der Waals surface area contributed by atoms with Crippen molar-refractivity contribution in [3.63, 3.8) is 0 Å². The van der Waals surface area contributed by atoms with Gasteiger partial charge in [0.1, 0.15) is 17.2 Å². The second-order valence-corrected chi connectivity index (χ2v) is 8.61. The van der Waals surface area contributed by atoms with E-state index in [9.17, 15) is 28.3 Å². The molecule has 0 spiro atoms. The Labute approximate surface area is 192 Å². The Kier molecular flexibility index (Phi) is 4.99. The highest BCUT2D eigenvalue weighted by molar-refractivity contribution is 6.08. The summed E-state index contributed by atoms with van der Waals surface area (Å²) in [4.78, 5) is 40.3. The van der Waals surface area contributed by atoms with Crippen molar-refractivity contribution in [1.82, 2.24) is 19.7 Å². The first-order valence-corrected chi connectivity index (χ1v) is 10.7. The molecule has 34 heavy (non-hydrogen) atoms. The SMILES string of the molecule is Cc1cc(F)c(CNC(=O)c2cn3c(c(O)c2=O)C(=O)N2C[C@@H]3CCc3nn(C)cc32)c(F)c1.